The van der Waals surface area contributed by atoms with Crippen molar-refractivity contribution in [1.29, 1.82) is 0 Å². The molecule has 0 radical (unpaired) electrons. The lowest BCUT2D eigenvalue weighted by atomic mass is 9.97. The summed E-state index contributed by atoms with van der Waals surface area (Å²) in [7, 11) is 1.21. The lowest BCUT2D eigenvalue weighted by Gasteiger charge is -2.30. The summed E-state index contributed by atoms with van der Waals surface area (Å²) in [6, 6.07) is 0.965. The average molecular weight is 734 g/mol. The number of ether oxygens (including phenoxy) is 2. The number of rotatable bonds is 19. The van der Waals surface area contributed by atoms with E-state index in [1.54, 1.807) is 46.8 Å². The molecule has 5 amide bonds. The van der Waals surface area contributed by atoms with Crippen LogP contribution in [0.1, 0.15) is 101 Å². The van der Waals surface area contributed by atoms with Gasteiger partial charge in [-0.15, -0.1) is 0 Å². The summed E-state index contributed by atoms with van der Waals surface area (Å²) < 4.78 is 10.3. The van der Waals surface area contributed by atoms with Gasteiger partial charge in [0, 0.05) is 6.42 Å². The third-order valence-electron chi connectivity index (χ3n) is 7.82. The summed E-state index contributed by atoms with van der Waals surface area (Å²) in [5.41, 5.74) is -0.110. The molecular formula is C38H63N5O9. The second-order valence-corrected chi connectivity index (χ2v) is 15.9. The number of esters is 1. The van der Waals surface area contributed by atoms with E-state index in [9.17, 15) is 33.9 Å². The van der Waals surface area contributed by atoms with E-state index < -0.39 is 77.4 Å². The quantitative estimate of drug-likeness (QED) is 0.115. The molecule has 0 fully saturated rings. The Balaban J connectivity index is 3.22. The van der Waals surface area contributed by atoms with E-state index in [1.807, 2.05) is 41.5 Å². The molecule has 1 aromatic rings. The Labute approximate surface area is 309 Å². The zero-order valence-corrected chi connectivity index (χ0v) is 33.0. The number of carbonyl (C=O) groups is 6. The number of amides is 5. The first kappa shape index (κ1) is 45.7. The van der Waals surface area contributed by atoms with Gasteiger partial charge in [-0.3, -0.25) is 19.2 Å². The monoisotopic (exact) mass is 733 g/mol. The van der Waals surface area contributed by atoms with Crippen molar-refractivity contribution < 1.29 is 43.3 Å². The van der Waals surface area contributed by atoms with Crippen LogP contribution in [0.25, 0.3) is 0 Å². The molecule has 0 spiro atoms. The van der Waals surface area contributed by atoms with Crippen LogP contribution in [-0.2, 0) is 39.9 Å². The van der Waals surface area contributed by atoms with E-state index in [2.05, 4.69) is 26.6 Å². The maximum atomic E-state index is 13.8. The van der Waals surface area contributed by atoms with Crippen LogP contribution in [0.5, 0.6) is 5.75 Å². The fourth-order valence-electron chi connectivity index (χ4n) is 5.36. The molecule has 0 saturated carbocycles. The fourth-order valence-corrected chi connectivity index (χ4v) is 5.36. The van der Waals surface area contributed by atoms with Crippen LogP contribution in [0, 0.1) is 23.7 Å². The molecule has 0 aromatic heterocycles. The van der Waals surface area contributed by atoms with Crippen molar-refractivity contribution in [3.8, 4) is 5.75 Å². The van der Waals surface area contributed by atoms with Crippen molar-refractivity contribution in [2.24, 2.45) is 23.7 Å². The van der Waals surface area contributed by atoms with Gasteiger partial charge < -0.3 is 41.2 Å². The van der Waals surface area contributed by atoms with E-state index in [4.69, 9.17) is 9.47 Å². The van der Waals surface area contributed by atoms with Crippen LogP contribution < -0.4 is 26.6 Å². The van der Waals surface area contributed by atoms with Crippen LogP contribution in [-0.4, -0.2) is 83.7 Å². The highest BCUT2D eigenvalue weighted by Crippen LogP contribution is 2.15. The molecule has 0 aliphatic heterocycles. The highest BCUT2D eigenvalue weighted by molar-refractivity contribution is 5.96. The Hall–Kier alpha value is -4.36. The molecule has 1 rings (SSSR count). The summed E-state index contributed by atoms with van der Waals surface area (Å²) in [5, 5.41) is 23.3. The minimum Gasteiger partial charge on any atom is -0.508 e. The van der Waals surface area contributed by atoms with Gasteiger partial charge in [0.25, 0.3) is 0 Å². The van der Waals surface area contributed by atoms with Crippen molar-refractivity contribution in [3.05, 3.63) is 29.8 Å². The van der Waals surface area contributed by atoms with Gasteiger partial charge in [-0.1, -0.05) is 67.5 Å². The van der Waals surface area contributed by atoms with Crippen LogP contribution in [0.2, 0.25) is 0 Å². The minimum absolute atomic E-state index is 0.0202. The summed E-state index contributed by atoms with van der Waals surface area (Å²) >= 11 is 0. The van der Waals surface area contributed by atoms with Crippen molar-refractivity contribution >= 4 is 35.7 Å². The number of alkyl carbamates (subject to hydrolysis) is 1. The Bertz CT molecular complexity index is 1340. The molecule has 14 nitrogen and oxygen atoms in total. The number of carbonyl (C=O) groups excluding carboxylic acids is 6. The Morgan fingerprint density at radius 3 is 1.42 bits per heavy atom. The Morgan fingerprint density at radius 1 is 0.615 bits per heavy atom. The molecule has 1 aromatic carbocycles. The van der Waals surface area contributed by atoms with Gasteiger partial charge in [0.15, 0.2) is 0 Å². The van der Waals surface area contributed by atoms with Gasteiger partial charge in [-0.05, 0) is 81.4 Å². The van der Waals surface area contributed by atoms with E-state index in [0.29, 0.717) is 12.0 Å². The molecule has 0 bridgehead atoms. The number of hydrogen-bond donors (Lipinski definition) is 6. The fraction of sp³-hybridized carbons (Fsp3) is 0.684. The number of nitrogens with one attached hydrogen (secondary N) is 5. The van der Waals surface area contributed by atoms with Gasteiger partial charge >= 0.3 is 12.1 Å². The SMILES string of the molecule is COC(=O)[C@@H](Cc1ccc(O)cc1)NC(=O)[C@H](CC(C)C)NC(=O)[C@@H](NC(=O)[C@H](CC(C)C)NC(=O)[C@H](CC(C)C)NC(=O)OC(C)(C)C)C(C)C. The molecular weight excluding hydrogens is 670 g/mol. The maximum Gasteiger partial charge on any atom is 0.408 e. The number of phenolic OH excluding ortho intramolecular Hbond substituents is 1. The maximum absolute atomic E-state index is 13.8. The van der Waals surface area contributed by atoms with Crippen molar-refractivity contribution in [1.82, 2.24) is 26.6 Å². The molecule has 0 aliphatic carbocycles. The number of methoxy groups -OCH3 is 1. The molecule has 0 aliphatic rings. The van der Waals surface area contributed by atoms with Crippen molar-refractivity contribution in [2.45, 2.75) is 138 Å². The standard InChI is InChI=1S/C38H63N5O9/c1-21(2)17-27(32(45)41-30(36(49)51-12)20-25-13-15-26(44)16-14-25)40-35(48)31(24(7)8)43-34(47)28(18-22(3)4)39-33(46)29(19-23(5)6)42-37(50)52-38(9,10)11/h13-16,21-24,27-31,44H,17-20H2,1-12H3,(H,39,46)(H,40,48)(H,41,45)(H,42,50)(H,43,47)/t27-,28-,29-,30+,31-/m0/s1. The van der Waals surface area contributed by atoms with Gasteiger partial charge in [0.05, 0.1) is 7.11 Å². The molecule has 0 saturated heterocycles. The predicted molar refractivity (Wildman–Crippen MR) is 198 cm³/mol. The van der Waals surface area contributed by atoms with Gasteiger partial charge in [0.2, 0.25) is 23.6 Å². The molecule has 0 unspecified atom stereocenters. The van der Waals surface area contributed by atoms with Crippen LogP contribution in [0.4, 0.5) is 4.79 Å². The largest absolute Gasteiger partial charge is 0.508 e. The third-order valence-corrected chi connectivity index (χ3v) is 7.82. The smallest absolute Gasteiger partial charge is 0.408 e. The normalized spacial score (nSPS) is 14.5. The predicted octanol–water partition coefficient (Wildman–Crippen LogP) is 3.73. The van der Waals surface area contributed by atoms with Gasteiger partial charge in [-0.2, -0.15) is 0 Å². The zero-order valence-electron chi connectivity index (χ0n) is 33.0. The highest BCUT2D eigenvalue weighted by atomic mass is 16.6. The van der Waals surface area contributed by atoms with E-state index in [0.717, 1.165) is 0 Å². The molecule has 14 heteroatoms. The zero-order chi connectivity index (χ0) is 39.9. The van der Waals surface area contributed by atoms with E-state index in [-0.39, 0.29) is 42.8 Å². The van der Waals surface area contributed by atoms with Gasteiger partial charge in [-0.25, -0.2) is 9.59 Å². The molecule has 0 heterocycles. The minimum atomic E-state index is -1.08. The van der Waals surface area contributed by atoms with Gasteiger partial charge in [0.1, 0.15) is 41.6 Å². The average Bonchev–Trinajstić information content (AvgIpc) is 3.00. The van der Waals surface area contributed by atoms with Crippen molar-refractivity contribution in [2.75, 3.05) is 7.11 Å². The van der Waals surface area contributed by atoms with Crippen LogP contribution in [0.3, 0.4) is 0 Å². The first-order chi connectivity index (χ1) is 24.0. The number of phenols is 1. The Morgan fingerprint density at radius 2 is 1.02 bits per heavy atom. The number of hydrogen-bond acceptors (Lipinski definition) is 9. The van der Waals surface area contributed by atoms with Crippen LogP contribution >= 0.6 is 0 Å². The summed E-state index contributed by atoms with van der Waals surface area (Å²) in [6.45, 7) is 20.0. The lowest BCUT2D eigenvalue weighted by Crippen LogP contribution is -2.60. The summed E-state index contributed by atoms with van der Waals surface area (Å²) in [5.74, 6) is -3.45. The second-order valence-electron chi connectivity index (χ2n) is 15.9. The topological polar surface area (TPSA) is 201 Å². The summed E-state index contributed by atoms with van der Waals surface area (Å²) in [4.78, 5) is 79.9. The lowest BCUT2D eigenvalue weighted by molar-refractivity contribution is -0.145. The van der Waals surface area contributed by atoms with Crippen LogP contribution in [0.15, 0.2) is 24.3 Å². The second kappa shape index (κ2) is 21.2. The first-order valence-corrected chi connectivity index (χ1v) is 18.1. The first-order valence-electron chi connectivity index (χ1n) is 18.1. The van der Waals surface area contributed by atoms with E-state index >= 15 is 0 Å². The van der Waals surface area contributed by atoms with E-state index in [1.165, 1.54) is 19.2 Å². The third kappa shape index (κ3) is 17.2. The number of aromatic hydroxyl groups is 1. The Kier molecular flexibility index (Phi) is 18.6. The van der Waals surface area contributed by atoms with Crippen molar-refractivity contribution in [3.63, 3.8) is 0 Å². The number of benzene rings is 1. The molecule has 6 N–H and O–H groups in total. The molecule has 294 valence electrons. The molecule has 5 atom stereocenters. The summed E-state index contributed by atoms with van der Waals surface area (Å²) in [6.07, 6.45) is 0.104. The molecule has 52 heavy (non-hydrogen) atoms. The highest BCUT2D eigenvalue weighted by Gasteiger charge is 2.35.